The molecule has 1 heterocycles. The van der Waals surface area contributed by atoms with Crippen LogP contribution in [0.4, 0.5) is 4.39 Å². The van der Waals surface area contributed by atoms with Gasteiger partial charge < -0.3 is 5.32 Å². The number of likely N-dealkylation sites (N-methyl/N-ethyl adjacent to an activating group) is 1. The van der Waals surface area contributed by atoms with Crippen LogP contribution in [-0.2, 0) is 13.5 Å². The third-order valence-corrected chi connectivity index (χ3v) is 3.90. The Balaban J connectivity index is 2.23. The van der Waals surface area contributed by atoms with Crippen LogP contribution >= 0.6 is 22.6 Å². The lowest BCUT2D eigenvalue weighted by Crippen LogP contribution is -2.24. The molecule has 5 heteroatoms. The lowest BCUT2D eigenvalue weighted by atomic mass is 10.0. The molecular weight excluding hydrogens is 356 g/mol. The summed E-state index contributed by atoms with van der Waals surface area (Å²) in [6, 6.07) is 7.11. The van der Waals surface area contributed by atoms with Gasteiger partial charge in [0.1, 0.15) is 5.82 Å². The van der Waals surface area contributed by atoms with Crippen LogP contribution in [0.1, 0.15) is 24.2 Å². The second-order valence-corrected chi connectivity index (χ2v) is 5.62. The molecule has 2 rings (SSSR count). The first-order valence-corrected chi connectivity index (χ1v) is 7.35. The fraction of sp³-hybridized carbons (Fsp3) is 0.357. The molecule has 0 aliphatic rings. The summed E-state index contributed by atoms with van der Waals surface area (Å²) in [6.45, 7) is 2.94. The number of aryl methyl sites for hydroxylation is 1. The van der Waals surface area contributed by atoms with Gasteiger partial charge in [-0.3, -0.25) is 4.68 Å². The summed E-state index contributed by atoms with van der Waals surface area (Å²) in [5.74, 6) is -0.193. The van der Waals surface area contributed by atoms with Gasteiger partial charge >= 0.3 is 0 Å². The Labute approximate surface area is 126 Å². The Morgan fingerprint density at radius 2 is 2.21 bits per heavy atom. The third-order valence-electron chi connectivity index (χ3n) is 2.97. The quantitative estimate of drug-likeness (QED) is 0.817. The number of nitrogens with one attached hydrogen (secondary N) is 1. The average molecular weight is 373 g/mol. The number of hydrogen-bond acceptors (Lipinski definition) is 2. The molecule has 3 nitrogen and oxygen atoms in total. The molecule has 1 aromatic heterocycles. The predicted molar refractivity (Wildman–Crippen MR) is 82.4 cm³/mol. The smallest absolute Gasteiger partial charge is 0.124 e. The first-order valence-electron chi connectivity index (χ1n) is 6.27. The van der Waals surface area contributed by atoms with Crippen molar-refractivity contribution in [3.05, 3.63) is 51.1 Å². The van der Waals surface area contributed by atoms with Crippen LogP contribution in [0.25, 0.3) is 0 Å². The fourth-order valence-electron chi connectivity index (χ4n) is 2.10. The molecule has 0 fully saturated rings. The van der Waals surface area contributed by atoms with Crippen molar-refractivity contribution in [1.82, 2.24) is 15.1 Å². The first-order chi connectivity index (χ1) is 9.10. The minimum absolute atomic E-state index is 0.160. The van der Waals surface area contributed by atoms with Gasteiger partial charge in [-0.25, -0.2) is 4.39 Å². The van der Waals surface area contributed by atoms with Gasteiger partial charge in [0.2, 0.25) is 0 Å². The van der Waals surface area contributed by atoms with E-state index in [0.29, 0.717) is 0 Å². The van der Waals surface area contributed by atoms with E-state index in [0.717, 1.165) is 27.8 Å². The molecular formula is C14H17FIN3. The molecule has 19 heavy (non-hydrogen) atoms. The minimum atomic E-state index is -0.193. The lowest BCUT2D eigenvalue weighted by molar-refractivity contribution is 0.535. The number of aromatic nitrogens is 2. The summed E-state index contributed by atoms with van der Waals surface area (Å²) >= 11 is 2.18. The standard InChI is InChI=1S/C14H17FIN3/c1-3-17-14(9-11-6-7-19(2)18-11)12-5-4-10(15)8-13(12)16/h4-8,14,17H,3,9H2,1-2H3. The Morgan fingerprint density at radius 3 is 2.79 bits per heavy atom. The monoisotopic (exact) mass is 373 g/mol. The molecule has 0 bridgehead atoms. The highest BCUT2D eigenvalue weighted by molar-refractivity contribution is 14.1. The van der Waals surface area contributed by atoms with E-state index in [1.807, 2.05) is 25.4 Å². The molecule has 0 radical (unpaired) electrons. The molecule has 0 saturated carbocycles. The largest absolute Gasteiger partial charge is 0.310 e. The first kappa shape index (κ1) is 14.5. The molecule has 2 aromatic rings. The van der Waals surface area contributed by atoms with Crippen LogP contribution in [-0.4, -0.2) is 16.3 Å². The van der Waals surface area contributed by atoms with Gasteiger partial charge in [0.15, 0.2) is 0 Å². The van der Waals surface area contributed by atoms with Crippen molar-refractivity contribution in [2.24, 2.45) is 7.05 Å². The predicted octanol–water partition coefficient (Wildman–Crippen LogP) is 3.06. The maximum absolute atomic E-state index is 13.2. The molecule has 0 amide bonds. The number of nitrogens with zero attached hydrogens (tertiary/aromatic N) is 2. The molecule has 1 N–H and O–H groups in total. The molecule has 1 atom stereocenters. The Kier molecular flexibility index (Phi) is 4.93. The zero-order chi connectivity index (χ0) is 13.8. The van der Waals surface area contributed by atoms with Gasteiger partial charge in [-0.2, -0.15) is 5.10 Å². The van der Waals surface area contributed by atoms with E-state index in [1.54, 1.807) is 10.7 Å². The summed E-state index contributed by atoms with van der Waals surface area (Å²) < 4.78 is 15.9. The molecule has 0 aliphatic heterocycles. The van der Waals surface area contributed by atoms with Gasteiger partial charge in [-0.05, 0) is 52.9 Å². The maximum Gasteiger partial charge on any atom is 0.124 e. The number of halogens is 2. The molecule has 1 aromatic carbocycles. The highest BCUT2D eigenvalue weighted by Crippen LogP contribution is 2.23. The molecule has 102 valence electrons. The Hall–Kier alpha value is -0.950. The molecule has 0 spiro atoms. The highest BCUT2D eigenvalue weighted by atomic mass is 127. The normalized spacial score (nSPS) is 12.6. The Morgan fingerprint density at radius 1 is 1.42 bits per heavy atom. The second kappa shape index (κ2) is 6.47. The number of hydrogen-bond donors (Lipinski definition) is 1. The van der Waals surface area contributed by atoms with Gasteiger partial charge in [-0.15, -0.1) is 0 Å². The van der Waals surface area contributed by atoms with Crippen molar-refractivity contribution in [3.8, 4) is 0 Å². The van der Waals surface area contributed by atoms with Gasteiger partial charge in [0.25, 0.3) is 0 Å². The van der Waals surface area contributed by atoms with Crippen molar-refractivity contribution < 1.29 is 4.39 Å². The highest BCUT2D eigenvalue weighted by Gasteiger charge is 2.15. The van der Waals surface area contributed by atoms with Crippen molar-refractivity contribution in [2.75, 3.05) is 6.54 Å². The van der Waals surface area contributed by atoms with Gasteiger partial charge in [0.05, 0.1) is 5.69 Å². The lowest BCUT2D eigenvalue weighted by Gasteiger charge is -2.19. The summed E-state index contributed by atoms with van der Waals surface area (Å²) in [6.07, 6.45) is 2.74. The number of benzene rings is 1. The Bertz CT molecular complexity index is 553. The van der Waals surface area contributed by atoms with Crippen LogP contribution < -0.4 is 5.32 Å². The second-order valence-electron chi connectivity index (χ2n) is 4.46. The van der Waals surface area contributed by atoms with Crippen LogP contribution in [0.5, 0.6) is 0 Å². The van der Waals surface area contributed by atoms with Crippen LogP contribution in [0.2, 0.25) is 0 Å². The molecule has 1 unspecified atom stereocenters. The van der Waals surface area contributed by atoms with Crippen LogP contribution in [0, 0.1) is 9.39 Å². The maximum atomic E-state index is 13.2. The van der Waals surface area contributed by atoms with E-state index in [-0.39, 0.29) is 11.9 Å². The van der Waals surface area contributed by atoms with E-state index >= 15 is 0 Å². The topological polar surface area (TPSA) is 29.9 Å². The van der Waals surface area contributed by atoms with Crippen molar-refractivity contribution in [2.45, 2.75) is 19.4 Å². The number of rotatable bonds is 5. The fourth-order valence-corrected chi connectivity index (χ4v) is 2.96. The van der Waals surface area contributed by atoms with E-state index in [9.17, 15) is 4.39 Å². The summed E-state index contributed by atoms with van der Waals surface area (Å²) in [5, 5.41) is 7.85. The summed E-state index contributed by atoms with van der Waals surface area (Å²) in [7, 11) is 1.91. The van der Waals surface area contributed by atoms with Gasteiger partial charge in [-0.1, -0.05) is 13.0 Å². The molecule has 0 saturated heterocycles. The summed E-state index contributed by atoms with van der Waals surface area (Å²) in [5.41, 5.74) is 2.16. The van der Waals surface area contributed by atoms with Crippen LogP contribution in [0.15, 0.2) is 30.5 Å². The van der Waals surface area contributed by atoms with Crippen molar-refractivity contribution in [3.63, 3.8) is 0 Å². The SMILES string of the molecule is CCNC(Cc1ccn(C)n1)c1ccc(F)cc1I. The summed E-state index contributed by atoms with van der Waals surface area (Å²) in [4.78, 5) is 0. The van der Waals surface area contributed by atoms with E-state index < -0.39 is 0 Å². The average Bonchev–Trinajstić information content (AvgIpc) is 2.74. The van der Waals surface area contributed by atoms with E-state index in [1.165, 1.54) is 6.07 Å². The minimum Gasteiger partial charge on any atom is -0.310 e. The van der Waals surface area contributed by atoms with E-state index in [4.69, 9.17) is 0 Å². The zero-order valence-electron chi connectivity index (χ0n) is 11.0. The van der Waals surface area contributed by atoms with Crippen molar-refractivity contribution in [1.29, 1.82) is 0 Å². The molecule has 0 aliphatic carbocycles. The van der Waals surface area contributed by atoms with E-state index in [2.05, 4.69) is 39.9 Å². The zero-order valence-corrected chi connectivity index (χ0v) is 13.2. The van der Waals surface area contributed by atoms with Crippen LogP contribution in [0.3, 0.4) is 0 Å². The third kappa shape index (κ3) is 3.76. The van der Waals surface area contributed by atoms with Gasteiger partial charge in [0, 0.05) is 29.3 Å². The van der Waals surface area contributed by atoms with Crippen molar-refractivity contribution >= 4 is 22.6 Å².